The van der Waals surface area contributed by atoms with Gasteiger partial charge in [-0.25, -0.2) is 0 Å². The van der Waals surface area contributed by atoms with Gasteiger partial charge in [0, 0.05) is 39.2 Å². The van der Waals surface area contributed by atoms with E-state index in [0.29, 0.717) is 26.2 Å². The Kier molecular flexibility index (Phi) is 8.45. The van der Waals surface area contributed by atoms with Crippen LogP contribution in [-0.2, 0) is 10.1 Å². The Bertz CT molecular complexity index is 460. The van der Waals surface area contributed by atoms with Crippen molar-refractivity contribution in [3.63, 3.8) is 0 Å². The van der Waals surface area contributed by atoms with Crippen molar-refractivity contribution in [3.05, 3.63) is 0 Å². The number of aliphatic hydroxyl groups is 4. The average molecular weight is 371 g/mol. The van der Waals surface area contributed by atoms with Gasteiger partial charge >= 0.3 is 0 Å². The van der Waals surface area contributed by atoms with Gasteiger partial charge in [0.05, 0.1) is 36.8 Å². The number of hydrogen-bond donors (Lipinski definition) is 7. The maximum atomic E-state index is 10.9. The second-order valence-corrected chi connectivity index (χ2v) is 7.76. The molecule has 7 N–H and O–H groups in total. The highest BCUT2D eigenvalue weighted by atomic mass is 32.2. The highest BCUT2D eigenvalue weighted by Gasteiger charge is 2.44. The predicted molar refractivity (Wildman–Crippen MR) is 87.0 cm³/mol. The highest BCUT2D eigenvalue weighted by molar-refractivity contribution is 7.85. The predicted octanol–water partition coefficient (Wildman–Crippen LogP) is -3.45. The van der Waals surface area contributed by atoms with Gasteiger partial charge in [-0.05, 0) is 6.42 Å². The third-order valence-corrected chi connectivity index (χ3v) is 5.15. The van der Waals surface area contributed by atoms with Gasteiger partial charge in [0.1, 0.15) is 0 Å². The van der Waals surface area contributed by atoms with Crippen LogP contribution in [0.5, 0.6) is 0 Å². The number of nitrogens with zero attached hydrogens (tertiary/aromatic N) is 1. The number of rotatable bonds is 11. The normalized spacial score (nSPS) is 23.5. The molecular weight excluding hydrogens is 342 g/mol. The highest BCUT2D eigenvalue weighted by Crippen LogP contribution is 2.23. The lowest BCUT2D eigenvalue weighted by Gasteiger charge is -2.52. The molecule has 0 spiro atoms. The summed E-state index contributed by atoms with van der Waals surface area (Å²) >= 11 is 0. The summed E-state index contributed by atoms with van der Waals surface area (Å²) in [6, 6.07) is 0. The molecule has 24 heavy (non-hydrogen) atoms. The molecule has 1 atom stereocenters. The third kappa shape index (κ3) is 5.86. The van der Waals surface area contributed by atoms with Crippen molar-refractivity contribution in [2.75, 3.05) is 58.4 Å². The fourth-order valence-electron chi connectivity index (χ4n) is 2.98. The van der Waals surface area contributed by atoms with Crippen LogP contribution in [0, 0.1) is 0 Å². The third-order valence-electron chi connectivity index (χ3n) is 4.34. The number of hydrogen-bond acceptors (Lipinski definition) is 9. The molecule has 1 unspecified atom stereocenters. The zero-order valence-corrected chi connectivity index (χ0v) is 14.5. The lowest BCUT2D eigenvalue weighted by Crippen LogP contribution is -2.75. The lowest BCUT2D eigenvalue weighted by atomic mass is 9.93. The molecule has 1 aliphatic rings. The Labute approximate surface area is 142 Å². The molecule has 0 aromatic heterocycles. The molecule has 0 saturated carbocycles. The van der Waals surface area contributed by atoms with Crippen LogP contribution >= 0.6 is 0 Å². The Morgan fingerprint density at radius 1 is 1.17 bits per heavy atom. The van der Waals surface area contributed by atoms with Gasteiger partial charge in [-0.2, -0.15) is 8.42 Å². The molecule has 0 radical (unpaired) electrons. The van der Waals surface area contributed by atoms with Crippen molar-refractivity contribution >= 4 is 10.1 Å². The van der Waals surface area contributed by atoms with E-state index in [2.05, 4.69) is 10.6 Å². The van der Waals surface area contributed by atoms with Crippen molar-refractivity contribution in [2.45, 2.75) is 24.0 Å². The SMILES string of the molecule is O=S(=O)(O)CCCN1CCNCC1(CCO)NC(CO)(CO)CO. The topological polar surface area (TPSA) is 163 Å². The van der Waals surface area contributed by atoms with Gasteiger partial charge in [-0.15, -0.1) is 0 Å². The first-order valence-electron chi connectivity index (χ1n) is 7.90. The Balaban J connectivity index is 2.95. The monoisotopic (exact) mass is 371 g/mol. The number of aliphatic hydroxyl groups excluding tert-OH is 4. The molecule has 0 amide bonds. The molecule has 11 heteroatoms. The van der Waals surface area contributed by atoms with Gasteiger partial charge in [0.15, 0.2) is 0 Å². The molecule has 144 valence electrons. The van der Waals surface area contributed by atoms with Crippen LogP contribution in [0.2, 0.25) is 0 Å². The zero-order chi connectivity index (χ0) is 18.3. The lowest BCUT2D eigenvalue weighted by molar-refractivity contribution is -0.0559. The molecule has 1 rings (SSSR count). The molecule has 1 saturated heterocycles. The molecule has 1 aliphatic heterocycles. The van der Waals surface area contributed by atoms with Crippen LogP contribution in [0.25, 0.3) is 0 Å². The molecule has 10 nitrogen and oxygen atoms in total. The van der Waals surface area contributed by atoms with Gasteiger partial charge in [-0.3, -0.25) is 14.8 Å². The van der Waals surface area contributed by atoms with Gasteiger partial charge in [0.2, 0.25) is 0 Å². The molecule has 1 heterocycles. The molecule has 0 aromatic carbocycles. The fraction of sp³-hybridized carbons (Fsp3) is 1.00. The summed E-state index contributed by atoms with van der Waals surface area (Å²) < 4.78 is 30.7. The van der Waals surface area contributed by atoms with E-state index >= 15 is 0 Å². The van der Waals surface area contributed by atoms with Crippen LogP contribution in [-0.4, -0.2) is 108 Å². The number of nitrogens with one attached hydrogen (secondary N) is 2. The fourth-order valence-corrected chi connectivity index (χ4v) is 3.47. The minimum Gasteiger partial charge on any atom is -0.396 e. The molecule has 0 bridgehead atoms. The Hall–Kier alpha value is -0.370. The van der Waals surface area contributed by atoms with E-state index in [1.54, 1.807) is 0 Å². The van der Waals surface area contributed by atoms with E-state index in [-0.39, 0.29) is 25.2 Å². The van der Waals surface area contributed by atoms with Gasteiger partial charge in [0.25, 0.3) is 10.1 Å². The largest absolute Gasteiger partial charge is 0.396 e. The first-order chi connectivity index (χ1) is 11.3. The van der Waals surface area contributed by atoms with E-state index in [1.165, 1.54) is 0 Å². The van der Waals surface area contributed by atoms with Crippen molar-refractivity contribution < 1.29 is 33.4 Å². The van der Waals surface area contributed by atoms with Crippen molar-refractivity contribution in [3.8, 4) is 0 Å². The van der Waals surface area contributed by atoms with Gasteiger partial charge < -0.3 is 25.7 Å². The van der Waals surface area contributed by atoms with E-state index in [4.69, 9.17) is 4.55 Å². The van der Waals surface area contributed by atoms with Crippen molar-refractivity contribution in [1.82, 2.24) is 15.5 Å². The second-order valence-electron chi connectivity index (χ2n) is 6.19. The number of piperazine rings is 1. The Morgan fingerprint density at radius 3 is 2.29 bits per heavy atom. The molecule has 1 fully saturated rings. The van der Waals surface area contributed by atoms with Crippen molar-refractivity contribution in [1.29, 1.82) is 0 Å². The first kappa shape index (κ1) is 21.7. The van der Waals surface area contributed by atoms with Gasteiger partial charge in [-0.1, -0.05) is 0 Å². The minimum atomic E-state index is -4.06. The molecule has 0 aliphatic carbocycles. The summed E-state index contributed by atoms with van der Waals surface area (Å²) in [5, 5.41) is 44.4. The maximum absolute atomic E-state index is 10.9. The summed E-state index contributed by atoms with van der Waals surface area (Å²) in [7, 11) is -4.06. The molecule has 0 aromatic rings. The van der Waals surface area contributed by atoms with Crippen molar-refractivity contribution in [2.24, 2.45) is 0 Å². The van der Waals surface area contributed by atoms with E-state index in [0.717, 1.165) is 0 Å². The van der Waals surface area contributed by atoms with Crippen LogP contribution in [0.3, 0.4) is 0 Å². The minimum absolute atomic E-state index is 0.179. The summed E-state index contributed by atoms with van der Waals surface area (Å²) in [5.41, 5.74) is -2.21. The second kappa shape index (κ2) is 9.36. The standard InChI is InChI=1S/C13H29N3O7S/c17-6-2-13(15-12(9-18,10-19)11-20)8-14-3-5-16(13)4-1-7-24(21,22)23/h14-15,17-20H,1-11H2,(H,21,22,23). The summed E-state index contributed by atoms with van der Waals surface area (Å²) in [4.78, 5) is 1.90. The van der Waals surface area contributed by atoms with Crippen LogP contribution in [0.15, 0.2) is 0 Å². The quantitative estimate of drug-likeness (QED) is 0.182. The van der Waals surface area contributed by atoms with Crippen LogP contribution in [0.4, 0.5) is 0 Å². The summed E-state index contributed by atoms with van der Waals surface area (Å²) in [6.07, 6.45) is 0.436. The van der Waals surface area contributed by atoms with Crippen LogP contribution < -0.4 is 10.6 Å². The first-order valence-corrected chi connectivity index (χ1v) is 9.51. The maximum Gasteiger partial charge on any atom is 0.264 e. The smallest absolute Gasteiger partial charge is 0.264 e. The van der Waals surface area contributed by atoms with E-state index in [9.17, 15) is 28.8 Å². The van der Waals surface area contributed by atoms with E-state index in [1.807, 2.05) is 4.90 Å². The summed E-state index contributed by atoms with van der Waals surface area (Å²) in [5.74, 6) is -0.378. The molecular formula is C13H29N3O7S. The Morgan fingerprint density at radius 2 is 1.79 bits per heavy atom. The average Bonchev–Trinajstić information content (AvgIpc) is 2.54. The zero-order valence-electron chi connectivity index (χ0n) is 13.7. The van der Waals surface area contributed by atoms with E-state index < -0.39 is 41.1 Å². The van der Waals surface area contributed by atoms with Crippen LogP contribution in [0.1, 0.15) is 12.8 Å². The summed E-state index contributed by atoms with van der Waals surface area (Å²) in [6.45, 7) is 0.182.